The average molecular weight is 240 g/mol. The monoisotopic (exact) mass is 240 g/mol. The summed E-state index contributed by atoms with van der Waals surface area (Å²) in [5.74, 6) is -0.144. The Kier molecular flexibility index (Phi) is 6.27. The van der Waals surface area contributed by atoms with Gasteiger partial charge in [0.05, 0.1) is 6.61 Å². The molecule has 1 rings (SSSR count). The zero-order valence-corrected chi connectivity index (χ0v) is 10.4. The standard InChI is InChI=1S/C11H20N4O2/c1-3-9-8-10(15-14-9)11(16)13-5-4-12-6-7-17-2/h8,12H,3-7H2,1-2H3,(H,13,16)(H,14,15). The molecule has 6 nitrogen and oxygen atoms in total. The molecule has 0 unspecified atom stereocenters. The van der Waals surface area contributed by atoms with Crippen LogP contribution in [0.1, 0.15) is 23.1 Å². The van der Waals surface area contributed by atoms with Gasteiger partial charge < -0.3 is 15.4 Å². The van der Waals surface area contributed by atoms with E-state index in [4.69, 9.17) is 4.74 Å². The first kappa shape index (κ1) is 13.7. The van der Waals surface area contributed by atoms with Crippen LogP contribution >= 0.6 is 0 Å². The highest BCUT2D eigenvalue weighted by Gasteiger charge is 2.08. The van der Waals surface area contributed by atoms with Gasteiger partial charge in [-0.2, -0.15) is 5.10 Å². The molecule has 0 aliphatic rings. The van der Waals surface area contributed by atoms with Gasteiger partial charge in [0.15, 0.2) is 0 Å². The Hall–Kier alpha value is -1.40. The Morgan fingerprint density at radius 1 is 1.47 bits per heavy atom. The predicted octanol–water partition coefficient (Wildman–Crippen LogP) is -0.0621. The number of carbonyl (C=O) groups excluding carboxylic acids is 1. The van der Waals surface area contributed by atoms with Crippen molar-refractivity contribution in [3.8, 4) is 0 Å². The van der Waals surface area contributed by atoms with Crippen molar-refractivity contribution in [1.29, 1.82) is 0 Å². The molecule has 1 aromatic heterocycles. The Balaban J connectivity index is 2.16. The fourth-order valence-corrected chi connectivity index (χ4v) is 1.31. The van der Waals surface area contributed by atoms with Crippen LogP contribution in [0.5, 0.6) is 0 Å². The molecule has 1 aromatic rings. The lowest BCUT2D eigenvalue weighted by atomic mass is 10.3. The fraction of sp³-hybridized carbons (Fsp3) is 0.636. The van der Waals surface area contributed by atoms with E-state index in [1.54, 1.807) is 13.2 Å². The molecule has 17 heavy (non-hydrogen) atoms. The SMILES string of the molecule is CCc1cc(C(=O)NCCNCCOC)n[nH]1. The van der Waals surface area contributed by atoms with Crippen LogP contribution in [0.15, 0.2) is 6.07 Å². The van der Waals surface area contributed by atoms with Gasteiger partial charge in [-0.1, -0.05) is 6.92 Å². The number of nitrogens with one attached hydrogen (secondary N) is 3. The second-order valence-electron chi connectivity index (χ2n) is 3.63. The molecule has 0 aliphatic heterocycles. The van der Waals surface area contributed by atoms with Crippen LogP contribution in [0.3, 0.4) is 0 Å². The summed E-state index contributed by atoms with van der Waals surface area (Å²) in [4.78, 5) is 11.6. The summed E-state index contributed by atoms with van der Waals surface area (Å²) in [7, 11) is 1.66. The van der Waals surface area contributed by atoms with Gasteiger partial charge in [-0.25, -0.2) is 0 Å². The molecule has 96 valence electrons. The van der Waals surface area contributed by atoms with Crippen molar-refractivity contribution in [2.75, 3.05) is 33.4 Å². The van der Waals surface area contributed by atoms with Crippen molar-refractivity contribution >= 4 is 5.91 Å². The summed E-state index contributed by atoms with van der Waals surface area (Å²) in [6, 6.07) is 1.77. The van der Waals surface area contributed by atoms with Crippen molar-refractivity contribution in [3.63, 3.8) is 0 Å². The topological polar surface area (TPSA) is 79.0 Å². The maximum atomic E-state index is 11.6. The first-order valence-corrected chi connectivity index (χ1v) is 5.80. The molecule has 1 amide bonds. The Morgan fingerprint density at radius 2 is 2.29 bits per heavy atom. The van der Waals surface area contributed by atoms with E-state index in [0.717, 1.165) is 25.2 Å². The molecular formula is C11H20N4O2. The lowest BCUT2D eigenvalue weighted by Crippen LogP contribution is -2.33. The number of carbonyl (C=O) groups is 1. The van der Waals surface area contributed by atoms with Crippen molar-refractivity contribution in [2.45, 2.75) is 13.3 Å². The number of nitrogens with zero attached hydrogens (tertiary/aromatic N) is 1. The second kappa shape index (κ2) is 7.81. The number of amides is 1. The Labute approximate surface area is 101 Å². The van der Waals surface area contributed by atoms with Crippen LogP contribution in [0.2, 0.25) is 0 Å². The number of aromatic amines is 1. The van der Waals surface area contributed by atoms with Gasteiger partial charge >= 0.3 is 0 Å². The van der Waals surface area contributed by atoms with Crippen molar-refractivity contribution < 1.29 is 9.53 Å². The average Bonchev–Trinajstić information content (AvgIpc) is 2.82. The third-order valence-corrected chi connectivity index (χ3v) is 2.31. The number of methoxy groups -OCH3 is 1. The lowest BCUT2D eigenvalue weighted by Gasteiger charge is -2.04. The lowest BCUT2D eigenvalue weighted by molar-refractivity contribution is 0.0948. The maximum absolute atomic E-state index is 11.6. The number of hydrogen-bond acceptors (Lipinski definition) is 4. The number of hydrogen-bond donors (Lipinski definition) is 3. The summed E-state index contributed by atoms with van der Waals surface area (Å²) in [5, 5.41) is 12.7. The van der Waals surface area contributed by atoms with Gasteiger partial charge in [-0.05, 0) is 12.5 Å². The third-order valence-electron chi connectivity index (χ3n) is 2.31. The summed E-state index contributed by atoms with van der Waals surface area (Å²) >= 11 is 0. The highest BCUT2D eigenvalue weighted by atomic mass is 16.5. The number of H-pyrrole nitrogens is 1. The Bertz CT molecular complexity index is 338. The molecule has 0 aromatic carbocycles. The molecular weight excluding hydrogens is 220 g/mol. The minimum Gasteiger partial charge on any atom is -0.383 e. The summed E-state index contributed by atoms with van der Waals surface area (Å²) in [6.45, 7) is 4.77. The van der Waals surface area contributed by atoms with Crippen molar-refractivity contribution in [3.05, 3.63) is 17.5 Å². The molecule has 0 fully saturated rings. The van der Waals surface area contributed by atoms with Crippen LogP contribution in [-0.2, 0) is 11.2 Å². The van der Waals surface area contributed by atoms with E-state index in [0.29, 0.717) is 18.8 Å². The third kappa shape index (κ3) is 4.97. The summed E-state index contributed by atoms with van der Waals surface area (Å²) < 4.78 is 4.89. The zero-order chi connectivity index (χ0) is 12.5. The van der Waals surface area contributed by atoms with Crippen LogP contribution in [0.25, 0.3) is 0 Å². The molecule has 6 heteroatoms. The minimum absolute atomic E-state index is 0.144. The molecule has 0 bridgehead atoms. The quantitative estimate of drug-likeness (QED) is 0.556. The molecule has 0 atom stereocenters. The van der Waals surface area contributed by atoms with Gasteiger partial charge in [-0.3, -0.25) is 9.89 Å². The normalized spacial score (nSPS) is 10.5. The van der Waals surface area contributed by atoms with Crippen LogP contribution < -0.4 is 10.6 Å². The second-order valence-corrected chi connectivity index (χ2v) is 3.63. The van der Waals surface area contributed by atoms with Gasteiger partial charge in [0.25, 0.3) is 5.91 Å². The highest BCUT2D eigenvalue weighted by Crippen LogP contribution is 1.99. The van der Waals surface area contributed by atoms with Gasteiger partial charge in [0.1, 0.15) is 5.69 Å². The fourth-order valence-electron chi connectivity index (χ4n) is 1.31. The van der Waals surface area contributed by atoms with E-state index in [2.05, 4.69) is 20.8 Å². The molecule has 0 radical (unpaired) electrons. The maximum Gasteiger partial charge on any atom is 0.271 e. The minimum atomic E-state index is -0.144. The largest absolute Gasteiger partial charge is 0.383 e. The summed E-state index contributed by atoms with van der Waals surface area (Å²) in [6.07, 6.45) is 0.846. The number of aromatic nitrogens is 2. The van der Waals surface area contributed by atoms with E-state index in [1.807, 2.05) is 6.92 Å². The molecule has 3 N–H and O–H groups in total. The molecule has 0 spiro atoms. The van der Waals surface area contributed by atoms with Crippen LogP contribution in [-0.4, -0.2) is 49.5 Å². The first-order chi connectivity index (χ1) is 8.27. The first-order valence-electron chi connectivity index (χ1n) is 5.80. The zero-order valence-electron chi connectivity index (χ0n) is 10.4. The van der Waals surface area contributed by atoms with E-state index in [1.165, 1.54) is 0 Å². The van der Waals surface area contributed by atoms with Gasteiger partial charge in [0.2, 0.25) is 0 Å². The highest BCUT2D eigenvalue weighted by molar-refractivity contribution is 5.92. The van der Waals surface area contributed by atoms with Gasteiger partial charge in [-0.15, -0.1) is 0 Å². The van der Waals surface area contributed by atoms with E-state index < -0.39 is 0 Å². The van der Waals surface area contributed by atoms with E-state index in [-0.39, 0.29) is 5.91 Å². The number of rotatable bonds is 8. The van der Waals surface area contributed by atoms with Gasteiger partial charge in [0, 0.05) is 32.4 Å². The van der Waals surface area contributed by atoms with Crippen molar-refractivity contribution in [2.24, 2.45) is 0 Å². The number of aryl methyl sites for hydroxylation is 1. The Morgan fingerprint density at radius 3 is 2.94 bits per heavy atom. The van der Waals surface area contributed by atoms with E-state index >= 15 is 0 Å². The summed E-state index contributed by atoms with van der Waals surface area (Å²) in [5.41, 5.74) is 1.41. The van der Waals surface area contributed by atoms with Crippen LogP contribution in [0, 0.1) is 0 Å². The number of ether oxygens (including phenoxy) is 1. The smallest absolute Gasteiger partial charge is 0.271 e. The molecule has 0 saturated carbocycles. The molecule has 0 saturated heterocycles. The van der Waals surface area contributed by atoms with Crippen molar-refractivity contribution in [1.82, 2.24) is 20.8 Å². The molecule has 0 aliphatic carbocycles. The predicted molar refractivity (Wildman–Crippen MR) is 65.0 cm³/mol. The van der Waals surface area contributed by atoms with E-state index in [9.17, 15) is 4.79 Å². The molecule has 1 heterocycles. The van der Waals surface area contributed by atoms with Crippen LogP contribution in [0.4, 0.5) is 0 Å².